The van der Waals surface area contributed by atoms with Crippen LogP contribution < -0.4 is 14.8 Å². The summed E-state index contributed by atoms with van der Waals surface area (Å²) in [6.07, 6.45) is 1.54. The van der Waals surface area contributed by atoms with Gasteiger partial charge in [-0.2, -0.15) is 0 Å². The van der Waals surface area contributed by atoms with Crippen LogP contribution in [0.25, 0.3) is 22.2 Å². The number of pyridine rings is 1. The van der Waals surface area contributed by atoms with Crippen LogP contribution in [0.3, 0.4) is 0 Å². The molecule has 6 aromatic rings. The third-order valence-corrected chi connectivity index (χ3v) is 8.55. The molecule has 0 saturated carbocycles. The lowest BCUT2D eigenvalue weighted by Crippen LogP contribution is -2.22. The highest BCUT2D eigenvalue weighted by Crippen LogP contribution is 2.40. The molecule has 7 rings (SSSR count). The number of aromatic amines is 1. The molecular formula is C40H37N3O4. The predicted octanol–water partition coefficient (Wildman–Crippen LogP) is 7.95. The Morgan fingerprint density at radius 2 is 1.43 bits per heavy atom. The molecular weight excluding hydrogens is 586 g/mol. The first-order chi connectivity index (χ1) is 23.2. The molecule has 236 valence electrons. The summed E-state index contributed by atoms with van der Waals surface area (Å²) in [5.41, 5.74) is 9.11. The maximum absolute atomic E-state index is 14.1. The Morgan fingerprint density at radius 1 is 0.787 bits per heavy atom. The molecule has 3 heterocycles. The number of nitrogens with zero attached hydrogens (tertiary/aromatic N) is 1. The predicted molar refractivity (Wildman–Crippen MR) is 183 cm³/mol. The number of H-pyrrole nitrogens is 1. The van der Waals surface area contributed by atoms with E-state index in [-0.39, 0.29) is 31.3 Å². The second-order valence-electron chi connectivity index (χ2n) is 11.7. The number of hydrogen-bond donors (Lipinski definition) is 2. The number of carbonyl (C=O) groups is 1. The van der Waals surface area contributed by atoms with Gasteiger partial charge in [-0.25, -0.2) is 9.78 Å². The standard InChI is InChI=1S/C40H37N3O4/c1-2-31-37(30-18-19-32-33-23-41-21-20-34(33)42-35(32)22-30)43-39(46-25-28-14-8-4-9-15-28)36(38(31)45-24-27-12-6-3-7-13-27)40(44)47-26-29-16-10-5-11-17-29/h3-19,22,41-42H,2,20-21,23-26H2,1H3. The van der Waals surface area contributed by atoms with Gasteiger partial charge in [0.1, 0.15) is 25.6 Å². The zero-order valence-electron chi connectivity index (χ0n) is 26.4. The van der Waals surface area contributed by atoms with E-state index in [9.17, 15) is 4.79 Å². The number of rotatable bonds is 11. The van der Waals surface area contributed by atoms with E-state index in [0.29, 0.717) is 17.9 Å². The summed E-state index contributed by atoms with van der Waals surface area (Å²) in [7, 11) is 0. The Bertz CT molecular complexity index is 1990. The molecule has 47 heavy (non-hydrogen) atoms. The fraction of sp³-hybridized carbons (Fsp3) is 0.200. The number of fused-ring (bicyclic) bond motifs is 3. The van der Waals surface area contributed by atoms with Gasteiger partial charge in [0.15, 0.2) is 5.56 Å². The maximum Gasteiger partial charge on any atom is 0.347 e. The molecule has 7 heteroatoms. The monoisotopic (exact) mass is 623 g/mol. The first kappa shape index (κ1) is 30.3. The fourth-order valence-electron chi connectivity index (χ4n) is 6.14. The summed E-state index contributed by atoms with van der Waals surface area (Å²) in [4.78, 5) is 22.8. The second kappa shape index (κ2) is 13.9. The van der Waals surface area contributed by atoms with Crippen LogP contribution in [0.2, 0.25) is 0 Å². The van der Waals surface area contributed by atoms with Crippen LogP contribution >= 0.6 is 0 Å². The number of carbonyl (C=O) groups excluding carboxylic acids is 1. The van der Waals surface area contributed by atoms with Gasteiger partial charge >= 0.3 is 5.97 Å². The van der Waals surface area contributed by atoms with Gasteiger partial charge in [0.05, 0.1) is 5.69 Å². The average Bonchev–Trinajstić information content (AvgIpc) is 3.51. The van der Waals surface area contributed by atoms with Gasteiger partial charge in [0.25, 0.3) is 0 Å². The Morgan fingerprint density at radius 3 is 2.09 bits per heavy atom. The molecule has 4 aromatic carbocycles. The Kier molecular flexibility index (Phi) is 8.97. The van der Waals surface area contributed by atoms with Crippen LogP contribution in [0.1, 0.15) is 50.8 Å². The Balaban J connectivity index is 1.35. The van der Waals surface area contributed by atoms with Crippen molar-refractivity contribution in [3.05, 3.63) is 148 Å². The zero-order valence-corrected chi connectivity index (χ0v) is 26.4. The van der Waals surface area contributed by atoms with Gasteiger partial charge in [0.2, 0.25) is 5.88 Å². The van der Waals surface area contributed by atoms with Gasteiger partial charge in [-0.3, -0.25) is 0 Å². The van der Waals surface area contributed by atoms with Crippen molar-refractivity contribution < 1.29 is 19.0 Å². The minimum Gasteiger partial charge on any atom is -0.487 e. The molecule has 0 spiro atoms. The summed E-state index contributed by atoms with van der Waals surface area (Å²) in [5, 5.41) is 4.69. The first-order valence-electron chi connectivity index (χ1n) is 16.1. The molecule has 1 aliphatic heterocycles. The molecule has 0 bridgehead atoms. The van der Waals surface area contributed by atoms with Crippen LogP contribution in [0.4, 0.5) is 0 Å². The van der Waals surface area contributed by atoms with Gasteiger partial charge in [-0.15, -0.1) is 0 Å². The minimum atomic E-state index is -0.547. The molecule has 0 amide bonds. The summed E-state index contributed by atoms with van der Waals surface area (Å²) in [6, 6.07) is 35.8. The highest BCUT2D eigenvalue weighted by atomic mass is 16.5. The summed E-state index contributed by atoms with van der Waals surface area (Å²) >= 11 is 0. The van der Waals surface area contributed by atoms with Crippen molar-refractivity contribution in [3.8, 4) is 22.9 Å². The molecule has 2 aromatic heterocycles. The highest BCUT2D eigenvalue weighted by Gasteiger charge is 2.29. The number of aromatic nitrogens is 2. The average molecular weight is 624 g/mol. The van der Waals surface area contributed by atoms with Crippen molar-refractivity contribution in [1.82, 2.24) is 15.3 Å². The Labute approximate surface area is 274 Å². The van der Waals surface area contributed by atoms with Crippen LogP contribution in [-0.2, 0) is 43.9 Å². The second-order valence-corrected chi connectivity index (χ2v) is 11.7. The van der Waals surface area contributed by atoms with E-state index in [4.69, 9.17) is 19.2 Å². The van der Waals surface area contributed by atoms with Crippen LogP contribution in [0.5, 0.6) is 11.6 Å². The third kappa shape index (κ3) is 6.62. The number of esters is 1. The van der Waals surface area contributed by atoms with E-state index in [1.807, 2.05) is 91.0 Å². The van der Waals surface area contributed by atoms with Crippen molar-refractivity contribution in [2.75, 3.05) is 6.54 Å². The lowest BCUT2D eigenvalue weighted by atomic mass is 9.98. The van der Waals surface area contributed by atoms with E-state index >= 15 is 0 Å². The molecule has 0 radical (unpaired) electrons. The lowest BCUT2D eigenvalue weighted by Gasteiger charge is -2.21. The molecule has 0 saturated heterocycles. The minimum absolute atomic E-state index is 0.113. The topological polar surface area (TPSA) is 85.5 Å². The van der Waals surface area contributed by atoms with Crippen molar-refractivity contribution >= 4 is 16.9 Å². The van der Waals surface area contributed by atoms with Crippen molar-refractivity contribution in [1.29, 1.82) is 0 Å². The van der Waals surface area contributed by atoms with Crippen LogP contribution in [-0.4, -0.2) is 22.5 Å². The van der Waals surface area contributed by atoms with E-state index in [1.54, 1.807) is 0 Å². The number of ether oxygens (including phenoxy) is 3. The molecule has 0 aliphatic carbocycles. The molecule has 1 aliphatic rings. The summed E-state index contributed by atoms with van der Waals surface area (Å²) in [6.45, 7) is 4.47. The summed E-state index contributed by atoms with van der Waals surface area (Å²) in [5.74, 6) is 0.0588. The maximum atomic E-state index is 14.1. The van der Waals surface area contributed by atoms with Crippen molar-refractivity contribution in [3.63, 3.8) is 0 Å². The number of hydrogen-bond acceptors (Lipinski definition) is 6. The van der Waals surface area contributed by atoms with Crippen molar-refractivity contribution in [2.45, 2.75) is 46.1 Å². The third-order valence-electron chi connectivity index (χ3n) is 8.55. The quantitative estimate of drug-likeness (QED) is 0.143. The van der Waals surface area contributed by atoms with Crippen LogP contribution in [0, 0.1) is 0 Å². The van der Waals surface area contributed by atoms with E-state index in [0.717, 1.165) is 52.8 Å². The molecule has 0 unspecified atom stereocenters. The van der Waals surface area contributed by atoms with E-state index in [1.165, 1.54) is 16.6 Å². The van der Waals surface area contributed by atoms with Gasteiger partial charge in [-0.05, 0) is 34.7 Å². The fourth-order valence-corrected chi connectivity index (χ4v) is 6.14. The normalized spacial score (nSPS) is 12.4. The van der Waals surface area contributed by atoms with Gasteiger partial charge in [0, 0.05) is 47.2 Å². The molecule has 0 atom stereocenters. The zero-order chi connectivity index (χ0) is 32.0. The van der Waals surface area contributed by atoms with Gasteiger partial charge in [-0.1, -0.05) is 110 Å². The van der Waals surface area contributed by atoms with E-state index in [2.05, 4.69) is 35.4 Å². The van der Waals surface area contributed by atoms with E-state index < -0.39 is 5.97 Å². The SMILES string of the molecule is CCc1c(-c2ccc3c4c([nH]c3c2)CCNC4)nc(OCc2ccccc2)c(C(=O)OCc2ccccc2)c1OCc1ccccc1. The van der Waals surface area contributed by atoms with Crippen molar-refractivity contribution in [2.24, 2.45) is 0 Å². The van der Waals surface area contributed by atoms with Gasteiger partial charge < -0.3 is 24.5 Å². The molecule has 0 fully saturated rings. The molecule has 2 N–H and O–H groups in total. The lowest BCUT2D eigenvalue weighted by molar-refractivity contribution is 0.0460. The largest absolute Gasteiger partial charge is 0.487 e. The van der Waals surface area contributed by atoms with Crippen LogP contribution in [0.15, 0.2) is 109 Å². The Hall–Kier alpha value is -5.40. The number of benzene rings is 4. The first-order valence-corrected chi connectivity index (χ1v) is 16.1. The highest BCUT2D eigenvalue weighted by molar-refractivity contribution is 5.97. The molecule has 7 nitrogen and oxygen atoms in total. The smallest absolute Gasteiger partial charge is 0.347 e. The number of nitrogens with one attached hydrogen (secondary N) is 2. The summed E-state index contributed by atoms with van der Waals surface area (Å²) < 4.78 is 18.9.